The van der Waals surface area contributed by atoms with Gasteiger partial charge in [-0.05, 0) is 36.8 Å². The molecule has 3 rings (SSSR count). The zero-order chi connectivity index (χ0) is 22.9. The number of hydrogen-bond donors (Lipinski definition) is 1. The number of benzene rings is 2. The van der Waals surface area contributed by atoms with Gasteiger partial charge in [0.05, 0.1) is 0 Å². The maximum Gasteiger partial charge on any atom is 0.573 e. The van der Waals surface area contributed by atoms with Crippen molar-refractivity contribution in [1.29, 1.82) is 0 Å². The number of alkyl halides is 3. The number of imide groups is 1. The fraction of sp³-hybridized carbons (Fsp3) is 0.263. The van der Waals surface area contributed by atoms with Crippen LogP contribution in [0.1, 0.15) is 12.5 Å². The zero-order valence-electron chi connectivity index (χ0n) is 16.0. The van der Waals surface area contributed by atoms with Crippen molar-refractivity contribution in [2.75, 3.05) is 12.3 Å². The van der Waals surface area contributed by atoms with Crippen LogP contribution in [0.25, 0.3) is 0 Å². The van der Waals surface area contributed by atoms with Gasteiger partial charge in [-0.15, -0.1) is 13.2 Å². The largest absolute Gasteiger partial charge is 0.573 e. The molecular weight excluding hydrogens is 441 g/mol. The van der Waals surface area contributed by atoms with Crippen molar-refractivity contribution in [1.82, 2.24) is 10.2 Å². The average Bonchev–Trinajstić information content (AvgIpc) is 2.89. The van der Waals surface area contributed by atoms with Crippen molar-refractivity contribution in [2.45, 2.75) is 18.8 Å². The van der Waals surface area contributed by atoms with Crippen molar-refractivity contribution in [3.8, 4) is 11.5 Å². The predicted molar refractivity (Wildman–Crippen MR) is 102 cm³/mol. The van der Waals surface area contributed by atoms with E-state index in [-0.39, 0.29) is 11.3 Å². The highest BCUT2D eigenvalue weighted by Gasteiger charge is 2.49. The van der Waals surface area contributed by atoms with Crippen LogP contribution in [0, 0.1) is 0 Å². The van der Waals surface area contributed by atoms with Gasteiger partial charge in [-0.1, -0.05) is 30.3 Å². The zero-order valence-corrected chi connectivity index (χ0v) is 16.9. The van der Waals surface area contributed by atoms with Crippen molar-refractivity contribution in [2.24, 2.45) is 0 Å². The summed E-state index contributed by atoms with van der Waals surface area (Å²) in [5.74, 6) is -1.80. The number of nitrogens with zero attached hydrogens (tertiary/aromatic N) is 1. The van der Waals surface area contributed by atoms with Crippen LogP contribution in [0.4, 0.5) is 18.0 Å². The van der Waals surface area contributed by atoms with E-state index in [4.69, 9.17) is 4.18 Å². The lowest BCUT2D eigenvalue weighted by Gasteiger charge is -2.22. The average molecular weight is 458 g/mol. The van der Waals surface area contributed by atoms with Crippen molar-refractivity contribution in [3.63, 3.8) is 0 Å². The first-order valence-electron chi connectivity index (χ1n) is 8.87. The van der Waals surface area contributed by atoms with Crippen molar-refractivity contribution in [3.05, 3.63) is 60.2 Å². The molecule has 1 fully saturated rings. The molecule has 1 aliphatic heterocycles. The van der Waals surface area contributed by atoms with E-state index in [9.17, 15) is 31.2 Å². The van der Waals surface area contributed by atoms with Crippen LogP contribution in [0.3, 0.4) is 0 Å². The molecule has 0 aliphatic carbocycles. The summed E-state index contributed by atoms with van der Waals surface area (Å²) in [6.45, 7) is 0.895. The van der Waals surface area contributed by atoms with Crippen LogP contribution in [-0.4, -0.2) is 43.9 Å². The van der Waals surface area contributed by atoms with Gasteiger partial charge >= 0.3 is 22.5 Å². The summed E-state index contributed by atoms with van der Waals surface area (Å²) in [4.78, 5) is 25.8. The van der Waals surface area contributed by atoms with Crippen LogP contribution in [0.2, 0.25) is 0 Å². The number of rotatable bonds is 7. The molecule has 0 saturated carbocycles. The van der Waals surface area contributed by atoms with Crippen molar-refractivity contribution >= 4 is 22.1 Å². The summed E-state index contributed by atoms with van der Waals surface area (Å²) in [6.07, 6.45) is -4.87. The minimum Gasteiger partial charge on any atom is -0.406 e. The Morgan fingerprint density at radius 1 is 1.00 bits per heavy atom. The quantitative estimate of drug-likeness (QED) is 0.506. The summed E-state index contributed by atoms with van der Waals surface area (Å²) >= 11 is 0. The second kappa shape index (κ2) is 8.10. The minimum atomic E-state index is -4.87. The molecule has 1 heterocycles. The molecule has 0 radical (unpaired) electrons. The third-order valence-corrected chi connectivity index (χ3v) is 5.60. The van der Waals surface area contributed by atoms with Crippen LogP contribution in [-0.2, 0) is 20.5 Å². The molecule has 166 valence electrons. The molecule has 0 bridgehead atoms. The number of urea groups is 1. The molecular formula is C19H17F3N2O6S. The maximum absolute atomic E-state index is 12.8. The van der Waals surface area contributed by atoms with E-state index in [1.807, 2.05) is 0 Å². The number of ether oxygens (including phenoxy) is 1. The summed E-state index contributed by atoms with van der Waals surface area (Å²) < 4.78 is 69.9. The lowest BCUT2D eigenvalue weighted by molar-refractivity contribution is -0.274. The maximum atomic E-state index is 12.8. The van der Waals surface area contributed by atoms with Gasteiger partial charge in [0.25, 0.3) is 5.91 Å². The van der Waals surface area contributed by atoms with Crippen LogP contribution < -0.4 is 14.2 Å². The summed E-state index contributed by atoms with van der Waals surface area (Å²) in [5.41, 5.74) is -1.39. The Morgan fingerprint density at radius 3 is 2.19 bits per heavy atom. The van der Waals surface area contributed by atoms with Gasteiger partial charge in [-0.25, -0.2) is 4.79 Å². The smallest absolute Gasteiger partial charge is 0.406 e. The molecule has 8 nitrogen and oxygen atoms in total. The highest BCUT2D eigenvalue weighted by Crippen LogP contribution is 2.31. The SMILES string of the molecule is CC1(c2ccc(OC(F)(F)F)cc2)NC(=O)N(CCS(=O)(=O)Oc2ccccc2)C1=O. The molecule has 2 aromatic rings. The highest BCUT2D eigenvalue weighted by molar-refractivity contribution is 7.87. The third kappa shape index (κ3) is 5.26. The molecule has 31 heavy (non-hydrogen) atoms. The Hall–Kier alpha value is -3.28. The van der Waals surface area contributed by atoms with Crippen LogP contribution >= 0.6 is 0 Å². The summed E-state index contributed by atoms with van der Waals surface area (Å²) in [7, 11) is -4.09. The Kier molecular flexibility index (Phi) is 5.85. The molecule has 0 spiro atoms. The number of carbonyl (C=O) groups excluding carboxylic acids is 2. The number of nitrogens with one attached hydrogen (secondary N) is 1. The number of hydrogen-bond acceptors (Lipinski definition) is 6. The number of carbonyl (C=O) groups is 2. The van der Waals surface area contributed by atoms with Crippen LogP contribution in [0.5, 0.6) is 11.5 Å². The van der Waals surface area contributed by atoms with Gasteiger partial charge in [0.15, 0.2) is 0 Å². The van der Waals surface area contributed by atoms with Gasteiger partial charge in [-0.2, -0.15) is 8.42 Å². The summed E-state index contributed by atoms with van der Waals surface area (Å²) in [5, 5.41) is 2.44. The molecule has 1 unspecified atom stereocenters. The van der Waals surface area contributed by atoms with E-state index in [1.165, 1.54) is 31.2 Å². The lowest BCUT2D eigenvalue weighted by Crippen LogP contribution is -2.41. The minimum absolute atomic E-state index is 0.0886. The topological polar surface area (TPSA) is 102 Å². The van der Waals surface area contributed by atoms with Gasteiger partial charge in [0.2, 0.25) is 0 Å². The molecule has 0 aromatic heterocycles. The number of halogens is 3. The molecule has 1 atom stereocenters. The van der Waals surface area contributed by atoms with Gasteiger partial charge in [0.1, 0.15) is 22.8 Å². The van der Waals surface area contributed by atoms with E-state index >= 15 is 0 Å². The second-order valence-corrected chi connectivity index (χ2v) is 8.43. The van der Waals surface area contributed by atoms with Gasteiger partial charge < -0.3 is 14.2 Å². The normalized spacial score (nSPS) is 19.3. The Labute approximate surface area is 175 Å². The first-order chi connectivity index (χ1) is 14.4. The number of amides is 3. The molecule has 1 aliphatic rings. The summed E-state index contributed by atoms with van der Waals surface area (Å²) in [6, 6.07) is 11.3. The predicted octanol–water partition coefficient (Wildman–Crippen LogP) is 2.76. The Balaban J connectivity index is 1.70. The fourth-order valence-corrected chi connectivity index (χ4v) is 3.85. The van der Waals surface area contributed by atoms with Crippen molar-refractivity contribution < 1.29 is 40.1 Å². The molecule has 3 amide bonds. The van der Waals surface area contributed by atoms with E-state index in [2.05, 4.69) is 10.1 Å². The standard InChI is InChI=1S/C19H17F3N2O6S/c1-18(13-7-9-14(10-8-13)29-19(20,21)22)16(25)24(17(26)23-18)11-12-31(27,28)30-15-5-3-2-4-6-15/h2-10H,11-12H2,1H3,(H,23,26). The highest BCUT2D eigenvalue weighted by atomic mass is 32.2. The lowest BCUT2D eigenvalue weighted by atomic mass is 9.92. The molecule has 1 saturated heterocycles. The van der Waals surface area contributed by atoms with E-state index in [0.29, 0.717) is 4.90 Å². The second-order valence-electron chi connectivity index (χ2n) is 6.74. The third-order valence-electron chi connectivity index (χ3n) is 4.47. The van der Waals surface area contributed by atoms with E-state index < -0.39 is 52.0 Å². The van der Waals surface area contributed by atoms with Crippen LogP contribution in [0.15, 0.2) is 54.6 Å². The van der Waals surface area contributed by atoms with E-state index in [1.54, 1.807) is 18.2 Å². The van der Waals surface area contributed by atoms with E-state index in [0.717, 1.165) is 12.1 Å². The fourth-order valence-electron chi connectivity index (χ4n) is 2.95. The van der Waals surface area contributed by atoms with Gasteiger partial charge in [-0.3, -0.25) is 9.69 Å². The number of para-hydroxylation sites is 1. The Bertz CT molecular complexity index is 1070. The monoisotopic (exact) mass is 458 g/mol. The molecule has 12 heteroatoms. The van der Waals surface area contributed by atoms with Gasteiger partial charge in [0, 0.05) is 6.54 Å². The molecule has 1 N–H and O–H groups in total. The first-order valence-corrected chi connectivity index (χ1v) is 10.4. The first kappa shape index (κ1) is 22.4. The molecule has 2 aromatic carbocycles. The Morgan fingerprint density at radius 2 is 1.61 bits per heavy atom.